The Morgan fingerprint density at radius 1 is 1.21 bits per heavy atom. The molecule has 24 heavy (non-hydrogen) atoms. The van der Waals surface area contributed by atoms with E-state index < -0.39 is 17.7 Å². The van der Waals surface area contributed by atoms with Gasteiger partial charge < -0.3 is 15.2 Å². The molecule has 3 rings (SSSR count). The van der Waals surface area contributed by atoms with Gasteiger partial charge in [0.1, 0.15) is 23.3 Å². The molecule has 0 amide bonds. The number of hydrogen-bond acceptors (Lipinski definition) is 3. The summed E-state index contributed by atoms with van der Waals surface area (Å²) in [6.07, 6.45) is 0.0789. The molecule has 2 unspecified atom stereocenters. The van der Waals surface area contributed by atoms with Crippen molar-refractivity contribution in [2.45, 2.75) is 51.9 Å². The van der Waals surface area contributed by atoms with Gasteiger partial charge in [-0.25, -0.2) is 4.39 Å². The van der Waals surface area contributed by atoms with Crippen LogP contribution in [0.1, 0.15) is 43.5 Å². The van der Waals surface area contributed by atoms with Gasteiger partial charge in [-0.2, -0.15) is 0 Å². The zero-order chi connectivity index (χ0) is 17.5. The van der Waals surface area contributed by atoms with E-state index in [2.05, 4.69) is 12.2 Å². The highest BCUT2D eigenvalue weighted by atomic mass is 19.1. The number of anilines is 1. The van der Waals surface area contributed by atoms with E-state index in [1.165, 1.54) is 6.07 Å². The zero-order valence-corrected chi connectivity index (χ0v) is 14.6. The molecule has 4 heteroatoms. The van der Waals surface area contributed by atoms with E-state index in [1.54, 1.807) is 12.1 Å². The fourth-order valence-corrected chi connectivity index (χ4v) is 3.14. The van der Waals surface area contributed by atoms with Crippen molar-refractivity contribution < 1.29 is 14.2 Å². The van der Waals surface area contributed by atoms with Gasteiger partial charge in [-0.1, -0.05) is 19.1 Å². The van der Waals surface area contributed by atoms with Crippen LogP contribution in [0.15, 0.2) is 36.4 Å². The van der Waals surface area contributed by atoms with Crippen LogP contribution < -0.4 is 10.1 Å². The van der Waals surface area contributed by atoms with Crippen molar-refractivity contribution in [2.75, 3.05) is 5.32 Å². The van der Waals surface area contributed by atoms with Crippen LogP contribution in [0.25, 0.3) is 0 Å². The fourth-order valence-electron chi connectivity index (χ4n) is 3.14. The molecule has 0 radical (unpaired) electrons. The third-order valence-electron chi connectivity index (χ3n) is 4.65. The molecular formula is C20H24FNO2. The number of ether oxygens (including phenoxy) is 1. The average Bonchev–Trinajstić information content (AvgIpc) is 2.54. The highest BCUT2D eigenvalue weighted by Gasteiger charge is 2.43. The molecule has 0 aromatic heterocycles. The summed E-state index contributed by atoms with van der Waals surface area (Å²) in [5.74, 6) is 0.401. The minimum Gasteiger partial charge on any atom is -0.485 e. The molecule has 2 atom stereocenters. The largest absolute Gasteiger partial charge is 0.485 e. The molecule has 128 valence electrons. The van der Waals surface area contributed by atoms with E-state index in [9.17, 15) is 9.50 Å². The third kappa shape index (κ3) is 2.98. The monoisotopic (exact) mass is 329 g/mol. The first-order chi connectivity index (χ1) is 11.3. The van der Waals surface area contributed by atoms with Crippen molar-refractivity contribution in [1.82, 2.24) is 0 Å². The summed E-state index contributed by atoms with van der Waals surface area (Å²) in [5.41, 5.74) is 2.60. The van der Waals surface area contributed by atoms with Crippen molar-refractivity contribution >= 4 is 5.69 Å². The molecule has 2 aromatic rings. The van der Waals surface area contributed by atoms with Gasteiger partial charge in [0.05, 0.1) is 11.7 Å². The van der Waals surface area contributed by atoms with Gasteiger partial charge in [0.25, 0.3) is 0 Å². The predicted octanol–water partition coefficient (Wildman–Crippen LogP) is 4.38. The smallest absolute Gasteiger partial charge is 0.146 e. The van der Waals surface area contributed by atoms with Crippen molar-refractivity contribution in [3.63, 3.8) is 0 Å². The van der Waals surface area contributed by atoms with Crippen LogP contribution in [0, 0.1) is 12.7 Å². The van der Waals surface area contributed by atoms with E-state index in [4.69, 9.17) is 4.74 Å². The summed E-state index contributed by atoms with van der Waals surface area (Å²) in [7, 11) is 0. The molecule has 0 fully saturated rings. The minimum absolute atomic E-state index is 0.328. The Kier molecular flexibility index (Phi) is 4.26. The average molecular weight is 329 g/mol. The second kappa shape index (κ2) is 6.10. The first kappa shape index (κ1) is 16.8. The van der Waals surface area contributed by atoms with Crippen LogP contribution in [0.5, 0.6) is 5.75 Å². The number of halogens is 1. The Morgan fingerprint density at radius 2 is 1.96 bits per heavy atom. The maximum Gasteiger partial charge on any atom is 0.146 e. The van der Waals surface area contributed by atoms with Crippen molar-refractivity contribution in [1.29, 1.82) is 0 Å². The second-order valence-electron chi connectivity index (χ2n) is 6.98. The lowest BCUT2D eigenvalue weighted by molar-refractivity contribution is -0.0533. The summed E-state index contributed by atoms with van der Waals surface area (Å²) in [6.45, 7) is 7.68. The number of benzene rings is 2. The molecule has 0 saturated heterocycles. The molecular weight excluding hydrogens is 305 g/mol. The quantitative estimate of drug-likeness (QED) is 0.878. The number of rotatable bonds is 3. The first-order valence-electron chi connectivity index (χ1n) is 8.34. The zero-order valence-electron chi connectivity index (χ0n) is 14.6. The minimum atomic E-state index is -0.808. The maximum atomic E-state index is 14.2. The summed E-state index contributed by atoms with van der Waals surface area (Å²) >= 11 is 0. The summed E-state index contributed by atoms with van der Waals surface area (Å²) < 4.78 is 20.2. The highest BCUT2D eigenvalue weighted by molar-refractivity contribution is 5.53. The number of nitrogens with one attached hydrogen (secondary N) is 1. The van der Waals surface area contributed by atoms with Crippen LogP contribution in [0.2, 0.25) is 0 Å². The Balaban J connectivity index is 2.06. The first-order valence-corrected chi connectivity index (χ1v) is 8.34. The van der Waals surface area contributed by atoms with E-state index >= 15 is 0 Å². The van der Waals surface area contributed by atoms with Gasteiger partial charge in [-0.05, 0) is 62.6 Å². The van der Waals surface area contributed by atoms with Gasteiger partial charge in [0.2, 0.25) is 0 Å². The Labute approximate surface area is 142 Å². The van der Waals surface area contributed by atoms with Gasteiger partial charge in [-0.15, -0.1) is 0 Å². The Morgan fingerprint density at radius 3 is 2.67 bits per heavy atom. The summed E-state index contributed by atoms with van der Waals surface area (Å²) in [6, 6.07) is 10.5. The SMILES string of the molecule is CCc1ccc2c(c1)C(Nc1cc(C)ccc1F)C(O)C(C)(C)O2. The third-order valence-corrected chi connectivity index (χ3v) is 4.65. The van der Waals surface area contributed by atoms with Crippen LogP contribution >= 0.6 is 0 Å². The van der Waals surface area contributed by atoms with Crippen LogP contribution in [0.4, 0.5) is 10.1 Å². The molecule has 0 aliphatic carbocycles. The number of hydrogen-bond donors (Lipinski definition) is 2. The normalized spacial score (nSPS) is 21.8. The van der Waals surface area contributed by atoms with E-state index in [0.29, 0.717) is 5.69 Å². The van der Waals surface area contributed by atoms with Gasteiger partial charge >= 0.3 is 0 Å². The lowest BCUT2D eigenvalue weighted by atomic mass is 9.85. The molecule has 0 bridgehead atoms. The van der Waals surface area contributed by atoms with Crippen LogP contribution in [-0.2, 0) is 6.42 Å². The molecule has 1 aliphatic rings. The lowest BCUT2D eigenvalue weighted by Crippen LogP contribution is -2.50. The number of aliphatic hydroxyl groups is 1. The van der Waals surface area contributed by atoms with Crippen molar-refractivity contribution in [2.24, 2.45) is 0 Å². The lowest BCUT2D eigenvalue weighted by Gasteiger charge is -2.42. The molecule has 1 heterocycles. The predicted molar refractivity (Wildman–Crippen MR) is 94.0 cm³/mol. The standard InChI is InChI=1S/C20H24FNO2/c1-5-13-7-9-17-14(11-13)18(19(23)20(3,4)24-17)22-16-10-12(2)6-8-15(16)21/h6-11,18-19,22-23H,5H2,1-4H3. The molecule has 2 N–H and O–H groups in total. The number of aryl methyl sites for hydroxylation is 2. The van der Waals surface area contributed by atoms with E-state index in [-0.39, 0.29) is 5.82 Å². The number of fused-ring (bicyclic) bond motifs is 1. The highest BCUT2D eigenvalue weighted by Crippen LogP contribution is 2.42. The van der Waals surface area contributed by atoms with Crippen molar-refractivity contribution in [3.8, 4) is 5.75 Å². The molecule has 1 aliphatic heterocycles. The number of aliphatic hydroxyl groups excluding tert-OH is 1. The van der Waals surface area contributed by atoms with E-state index in [1.807, 2.05) is 39.0 Å². The van der Waals surface area contributed by atoms with Gasteiger partial charge in [0.15, 0.2) is 0 Å². The van der Waals surface area contributed by atoms with Crippen molar-refractivity contribution in [3.05, 3.63) is 58.9 Å². The van der Waals surface area contributed by atoms with Gasteiger partial charge in [0, 0.05) is 5.56 Å². The maximum absolute atomic E-state index is 14.2. The molecule has 0 saturated carbocycles. The van der Waals surface area contributed by atoms with E-state index in [0.717, 1.165) is 28.9 Å². The Bertz CT molecular complexity index is 757. The fraction of sp³-hybridized carbons (Fsp3) is 0.400. The molecule has 0 spiro atoms. The summed E-state index contributed by atoms with van der Waals surface area (Å²) in [4.78, 5) is 0. The molecule has 2 aromatic carbocycles. The van der Waals surface area contributed by atoms with Gasteiger partial charge in [-0.3, -0.25) is 0 Å². The van der Waals surface area contributed by atoms with Crippen LogP contribution in [0.3, 0.4) is 0 Å². The topological polar surface area (TPSA) is 41.5 Å². The Hall–Kier alpha value is -2.07. The molecule has 3 nitrogen and oxygen atoms in total. The van der Waals surface area contributed by atoms with Crippen LogP contribution in [-0.4, -0.2) is 16.8 Å². The second-order valence-corrected chi connectivity index (χ2v) is 6.98. The summed E-state index contributed by atoms with van der Waals surface area (Å²) in [5, 5.41) is 14.0.